The minimum Gasteiger partial charge on any atom is -0.493 e. The van der Waals surface area contributed by atoms with E-state index >= 15 is 0 Å². The van der Waals surface area contributed by atoms with Crippen LogP contribution in [-0.2, 0) is 16.1 Å². The van der Waals surface area contributed by atoms with E-state index in [1.165, 1.54) is 45.3 Å². The zero-order valence-corrected chi connectivity index (χ0v) is 19.4. The van der Waals surface area contributed by atoms with Crippen molar-refractivity contribution in [2.45, 2.75) is 44.7 Å². The second kappa shape index (κ2) is 12.1. The molecule has 0 radical (unpaired) electrons. The zero-order chi connectivity index (χ0) is 23.6. The van der Waals surface area contributed by atoms with Crippen LogP contribution in [0.1, 0.15) is 43.2 Å². The van der Waals surface area contributed by atoms with Gasteiger partial charge in [0.1, 0.15) is 0 Å². The van der Waals surface area contributed by atoms with Gasteiger partial charge in [-0.2, -0.15) is 0 Å². The van der Waals surface area contributed by atoms with E-state index in [0.29, 0.717) is 17.5 Å². The Morgan fingerprint density at radius 1 is 1.12 bits per heavy atom. The highest BCUT2D eigenvalue weighted by molar-refractivity contribution is 6.02. The number of benzene rings is 2. The summed E-state index contributed by atoms with van der Waals surface area (Å²) in [7, 11) is 3.67. The van der Waals surface area contributed by atoms with Gasteiger partial charge in [0.15, 0.2) is 18.1 Å². The summed E-state index contributed by atoms with van der Waals surface area (Å²) >= 11 is 0. The number of carbonyl (C=O) groups excluding carboxylic acids is 2. The molecule has 0 unspecified atom stereocenters. The normalized spacial score (nSPS) is 14.4. The molecule has 0 aliphatic heterocycles. The van der Waals surface area contributed by atoms with E-state index < -0.39 is 5.91 Å². The molecule has 2 amide bonds. The van der Waals surface area contributed by atoms with Crippen LogP contribution < -0.4 is 20.5 Å². The van der Waals surface area contributed by atoms with Gasteiger partial charge in [-0.25, -0.2) is 0 Å². The van der Waals surface area contributed by atoms with Crippen LogP contribution in [0.2, 0.25) is 0 Å². The maximum Gasteiger partial charge on any atom is 0.255 e. The first-order valence-corrected chi connectivity index (χ1v) is 11.3. The summed E-state index contributed by atoms with van der Waals surface area (Å²) in [6.07, 6.45) is 9.58. The molecule has 7 nitrogen and oxygen atoms in total. The maximum absolute atomic E-state index is 12.6. The number of primary amides is 1. The minimum atomic E-state index is -0.567. The highest BCUT2D eigenvalue weighted by Crippen LogP contribution is 2.29. The van der Waals surface area contributed by atoms with Crippen LogP contribution in [-0.4, -0.2) is 43.5 Å². The number of hydrogen-bond donors (Lipinski definition) is 2. The molecule has 2 aromatic carbocycles. The first-order valence-electron chi connectivity index (χ1n) is 11.3. The van der Waals surface area contributed by atoms with Gasteiger partial charge in [0.2, 0.25) is 5.91 Å². The van der Waals surface area contributed by atoms with Crippen molar-refractivity contribution in [3.63, 3.8) is 0 Å². The Morgan fingerprint density at radius 2 is 1.88 bits per heavy atom. The van der Waals surface area contributed by atoms with Crippen molar-refractivity contribution in [1.82, 2.24) is 4.90 Å². The number of rotatable bonds is 10. The van der Waals surface area contributed by atoms with E-state index in [4.69, 9.17) is 15.2 Å². The molecule has 1 aliphatic rings. The molecule has 1 fully saturated rings. The van der Waals surface area contributed by atoms with Crippen LogP contribution in [0.5, 0.6) is 11.5 Å². The van der Waals surface area contributed by atoms with E-state index in [2.05, 4.69) is 23.3 Å². The van der Waals surface area contributed by atoms with Gasteiger partial charge in [-0.3, -0.25) is 14.5 Å². The summed E-state index contributed by atoms with van der Waals surface area (Å²) < 4.78 is 10.6. The maximum atomic E-state index is 12.6. The van der Waals surface area contributed by atoms with Gasteiger partial charge in [0, 0.05) is 24.4 Å². The van der Waals surface area contributed by atoms with Gasteiger partial charge < -0.3 is 20.5 Å². The van der Waals surface area contributed by atoms with Gasteiger partial charge in [-0.15, -0.1) is 0 Å². The molecule has 0 heterocycles. The fourth-order valence-electron chi connectivity index (χ4n) is 4.10. The van der Waals surface area contributed by atoms with Crippen LogP contribution >= 0.6 is 0 Å². The largest absolute Gasteiger partial charge is 0.493 e. The Labute approximate surface area is 195 Å². The molecule has 0 atom stereocenters. The molecule has 0 aromatic heterocycles. The van der Waals surface area contributed by atoms with E-state index in [1.54, 1.807) is 24.3 Å². The number of methoxy groups -OCH3 is 1. The number of amides is 2. The molecular weight excluding hydrogens is 418 g/mol. The predicted octanol–water partition coefficient (Wildman–Crippen LogP) is 3.98. The van der Waals surface area contributed by atoms with Gasteiger partial charge in [0.25, 0.3) is 5.91 Å². The van der Waals surface area contributed by atoms with Crippen LogP contribution in [0.25, 0.3) is 6.08 Å². The van der Waals surface area contributed by atoms with Crippen molar-refractivity contribution in [1.29, 1.82) is 0 Å². The number of ether oxygens (including phenoxy) is 2. The lowest BCUT2D eigenvalue weighted by atomic mass is 9.94. The lowest BCUT2D eigenvalue weighted by Crippen LogP contribution is -2.33. The average Bonchev–Trinajstić information content (AvgIpc) is 2.83. The molecule has 0 spiro atoms. The fraction of sp³-hybridized carbons (Fsp3) is 0.385. The minimum absolute atomic E-state index is 0.212. The van der Waals surface area contributed by atoms with Gasteiger partial charge in [-0.05, 0) is 55.3 Å². The van der Waals surface area contributed by atoms with Gasteiger partial charge in [0.05, 0.1) is 7.11 Å². The Hall–Kier alpha value is -3.32. The van der Waals surface area contributed by atoms with Crippen molar-refractivity contribution < 1.29 is 19.1 Å². The Balaban J connectivity index is 1.63. The second-order valence-electron chi connectivity index (χ2n) is 8.35. The standard InChI is InChI=1S/C26H33N3O4/c1-29(21-9-4-3-5-10-21)17-20-8-6-7-11-22(20)28-26(31)15-13-19-12-14-23(24(16-19)32-2)33-18-25(27)30/h6-8,11-16,21H,3-5,9-10,17-18H2,1-2H3,(H2,27,30)(H,28,31). The molecule has 3 N–H and O–H groups in total. The number of para-hydroxylation sites is 1. The van der Waals surface area contributed by atoms with E-state index in [-0.39, 0.29) is 12.5 Å². The number of nitrogens with zero attached hydrogens (tertiary/aromatic N) is 1. The summed E-state index contributed by atoms with van der Waals surface area (Å²) in [6.45, 7) is 0.568. The summed E-state index contributed by atoms with van der Waals surface area (Å²) in [5.41, 5.74) is 7.80. The number of anilines is 1. The predicted molar refractivity (Wildman–Crippen MR) is 130 cm³/mol. The number of nitrogens with one attached hydrogen (secondary N) is 1. The highest BCUT2D eigenvalue weighted by atomic mass is 16.5. The molecule has 176 valence electrons. The van der Waals surface area contributed by atoms with E-state index in [9.17, 15) is 9.59 Å². The van der Waals surface area contributed by atoms with Crippen LogP contribution in [0.3, 0.4) is 0 Å². The Bertz CT molecular complexity index is 983. The van der Waals surface area contributed by atoms with Crippen molar-refractivity contribution in [2.75, 3.05) is 26.1 Å². The molecule has 3 rings (SSSR count). The van der Waals surface area contributed by atoms with E-state index in [0.717, 1.165) is 23.4 Å². The topological polar surface area (TPSA) is 93.9 Å². The fourth-order valence-corrected chi connectivity index (χ4v) is 4.10. The highest BCUT2D eigenvalue weighted by Gasteiger charge is 2.19. The number of hydrogen-bond acceptors (Lipinski definition) is 5. The summed E-state index contributed by atoms with van der Waals surface area (Å²) in [5, 5.41) is 3.00. The molecule has 1 saturated carbocycles. The lowest BCUT2D eigenvalue weighted by Gasteiger charge is -2.31. The first-order chi connectivity index (χ1) is 16.0. The quantitative estimate of drug-likeness (QED) is 0.533. The van der Waals surface area contributed by atoms with Crippen molar-refractivity contribution in [2.24, 2.45) is 5.73 Å². The molecule has 2 aromatic rings. The van der Waals surface area contributed by atoms with E-state index in [1.807, 2.05) is 18.2 Å². The van der Waals surface area contributed by atoms with Crippen molar-refractivity contribution in [3.05, 3.63) is 59.7 Å². The lowest BCUT2D eigenvalue weighted by molar-refractivity contribution is -0.120. The number of nitrogens with two attached hydrogens (primary N) is 1. The molecule has 33 heavy (non-hydrogen) atoms. The third-order valence-corrected chi connectivity index (χ3v) is 5.88. The van der Waals surface area contributed by atoms with Crippen molar-refractivity contribution >= 4 is 23.6 Å². The third-order valence-electron chi connectivity index (χ3n) is 5.88. The van der Waals surface area contributed by atoms with Crippen LogP contribution in [0.4, 0.5) is 5.69 Å². The Kier molecular flexibility index (Phi) is 8.89. The SMILES string of the molecule is COc1cc(C=CC(=O)Nc2ccccc2CN(C)C2CCCCC2)ccc1OCC(N)=O. The van der Waals surface area contributed by atoms with Gasteiger partial charge in [-0.1, -0.05) is 43.5 Å². The first kappa shape index (κ1) is 24.3. The zero-order valence-electron chi connectivity index (χ0n) is 19.4. The third kappa shape index (κ3) is 7.36. The second-order valence-corrected chi connectivity index (χ2v) is 8.35. The molecular formula is C26H33N3O4. The summed E-state index contributed by atoms with van der Waals surface area (Å²) in [6, 6.07) is 13.7. The van der Waals surface area contributed by atoms with Crippen LogP contribution in [0.15, 0.2) is 48.5 Å². The van der Waals surface area contributed by atoms with Crippen molar-refractivity contribution in [3.8, 4) is 11.5 Å². The van der Waals surface area contributed by atoms with Crippen LogP contribution in [0, 0.1) is 0 Å². The smallest absolute Gasteiger partial charge is 0.255 e. The monoisotopic (exact) mass is 451 g/mol. The molecule has 0 saturated heterocycles. The molecule has 1 aliphatic carbocycles. The molecule has 0 bridgehead atoms. The summed E-state index contributed by atoms with van der Waals surface area (Å²) in [5.74, 6) is 0.0857. The molecule has 7 heteroatoms. The summed E-state index contributed by atoms with van der Waals surface area (Å²) in [4.78, 5) is 25.9. The average molecular weight is 452 g/mol. The van der Waals surface area contributed by atoms with Gasteiger partial charge >= 0.3 is 0 Å². The Morgan fingerprint density at radius 3 is 2.61 bits per heavy atom. The number of carbonyl (C=O) groups is 2.